The minimum Gasteiger partial charge on any atom is -0.371 e. The monoisotopic (exact) mass is 186 g/mol. The number of pyridine rings is 2. The lowest BCUT2D eigenvalue weighted by Gasteiger charge is -2.19. The van der Waals surface area contributed by atoms with Gasteiger partial charge in [0.15, 0.2) is 5.65 Å². The van der Waals surface area contributed by atoms with E-state index in [0.717, 1.165) is 29.9 Å². The van der Waals surface area contributed by atoms with Crippen LogP contribution in [0.5, 0.6) is 0 Å². The Labute approximate surface area is 81.4 Å². The zero-order chi connectivity index (χ0) is 9.38. The molecule has 0 amide bonds. The topological polar surface area (TPSA) is 49.8 Å². The molecule has 0 saturated heterocycles. The van der Waals surface area contributed by atoms with Gasteiger partial charge in [0.25, 0.3) is 0 Å². The molecule has 4 nitrogen and oxygen atoms in total. The standard InChI is InChI=1S/C10H10N4/c1-2-7-8-4-11-6-14-9(8)5-13-10(7)12-3-1/h1-3,5,11,14H,4,6H2. The van der Waals surface area contributed by atoms with Crippen molar-refractivity contribution in [3.05, 3.63) is 30.1 Å². The highest BCUT2D eigenvalue weighted by Crippen LogP contribution is 2.24. The van der Waals surface area contributed by atoms with Crippen molar-refractivity contribution in [3.8, 4) is 0 Å². The molecule has 2 N–H and O–H groups in total. The summed E-state index contributed by atoms with van der Waals surface area (Å²) < 4.78 is 0. The van der Waals surface area contributed by atoms with Crippen LogP contribution in [-0.4, -0.2) is 16.6 Å². The summed E-state index contributed by atoms with van der Waals surface area (Å²) in [5.41, 5.74) is 3.19. The van der Waals surface area contributed by atoms with Crippen molar-refractivity contribution in [2.24, 2.45) is 0 Å². The molecule has 3 rings (SSSR count). The Morgan fingerprint density at radius 1 is 1.29 bits per heavy atom. The van der Waals surface area contributed by atoms with Gasteiger partial charge >= 0.3 is 0 Å². The molecule has 0 aromatic carbocycles. The summed E-state index contributed by atoms with van der Waals surface area (Å²) in [6, 6.07) is 4.00. The fraction of sp³-hybridized carbons (Fsp3) is 0.200. The maximum absolute atomic E-state index is 4.29. The molecule has 70 valence electrons. The van der Waals surface area contributed by atoms with E-state index in [9.17, 15) is 0 Å². The van der Waals surface area contributed by atoms with Gasteiger partial charge in [0, 0.05) is 23.7 Å². The first-order chi connectivity index (χ1) is 6.95. The summed E-state index contributed by atoms with van der Waals surface area (Å²) >= 11 is 0. The van der Waals surface area contributed by atoms with Crippen LogP contribution in [0, 0.1) is 0 Å². The van der Waals surface area contributed by atoms with Crippen LogP contribution in [0.15, 0.2) is 24.5 Å². The van der Waals surface area contributed by atoms with Crippen molar-refractivity contribution in [3.63, 3.8) is 0 Å². The van der Waals surface area contributed by atoms with Crippen molar-refractivity contribution in [1.29, 1.82) is 0 Å². The number of nitrogens with zero attached hydrogens (tertiary/aromatic N) is 2. The fourth-order valence-corrected chi connectivity index (χ4v) is 1.77. The van der Waals surface area contributed by atoms with Crippen molar-refractivity contribution >= 4 is 16.7 Å². The van der Waals surface area contributed by atoms with Crippen molar-refractivity contribution in [2.45, 2.75) is 6.54 Å². The fourth-order valence-electron chi connectivity index (χ4n) is 1.77. The second-order valence-corrected chi connectivity index (χ2v) is 3.31. The zero-order valence-corrected chi connectivity index (χ0v) is 7.62. The third-order valence-corrected chi connectivity index (χ3v) is 2.46. The summed E-state index contributed by atoms with van der Waals surface area (Å²) in [5, 5.41) is 7.65. The maximum Gasteiger partial charge on any atom is 0.159 e. The molecule has 14 heavy (non-hydrogen) atoms. The van der Waals surface area contributed by atoms with E-state index < -0.39 is 0 Å². The molecule has 0 unspecified atom stereocenters. The predicted molar refractivity (Wildman–Crippen MR) is 54.9 cm³/mol. The molecule has 4 heteroatoms. The summed E-state index contributed by atoms with van der Waals surface area (Å²) in [4.78, 5) is 8.52. The van der Waals surface area contributed by atoms with E-state index in [0.29, 0.717) is 0 Å². The molecule has 0 bridgehead atoms. The lowest BCUT2D eigenvalue weighted by Crippen LogP contribution is -2.27. The molecule has 2 aromatic heterocycles. The Kier molecular flexibility index (Phi) is 1.61. The molecule has 0 spiro atoms. The summed E-state index contributed by atoms with van der Waals surface area (Å²) in [5.74, 6) is 0. The molecular weight excluding hydrogens is 176 g/mol. The van der Waals surface area contributed by atoms with Crippen LogP contribution in [-0.2, 0) is 6.54 Å². The van der Waals surface area contributed by atoms with Crippen molar-refractivity contribution in [1.82, 2.24) is 15.3 Å². The Bertz CT molecular complexity index is 481. The van der Waals surface area contributed by atoms with Crippen molar-refractivity contribution in [2.75, 3.05) is 12.0 Å². The Morgan fingerprint density at radius 2 is 2.29 bits per heavy atom. The molecule has 2 aromatic rings. The summed E-state index contributed by atoms with van der Waals surface area (Å²) in [7, 11) is 0. The van der Waals surface area contributed by atoms with Gasteiger partial charge < -0.3 is 5.32 Å². The summed E-state index contributed by atoms with van der Waals surface area (Å²) in [6.45, 7) is 1.69. The Balaban J connectivity index is 2.34. The minimum absolute atomic E-state index is 0.806. The van der Waals surface area contributed by atoms with Crippen molar-refractivity contribution < 1.29 is 0 Å². The first kappa shape index (κ1) is 7.70. The number of nitrogens with one attached hydrogen (secondary N) is 2. The van der Waals surface area contributed by atoms with Gasteiger partial charge in [-0.1, -0.05) is 0 Å². The lowest BCUT2D eigenvalue weighted by molar-refractivity contribution is 0.712. The Hall–Kier alpha value is -1.68. The van der Waals surface area contributed by atoms with E-state index >= 15 is 0 Å². The normalized spacial score (nSPS) is 14.9. The van der Waals surface area contributed by atoms with Gasteiger partial charge in [-0.3, -0.25) is 5.32 Å². The minimum atomic E-state index is 0.806. The Morgan fingerprint density at radius 3 is 3.29 bits per heavy atom. The highest BCUT2D eigenvalue weighted by atomic mass is 15.1. The van der Waals surface area contributed by atoms with Gasteiger partial charge in [0.05, 0.1) is 18.6 Å². The van der Waals surface area contributed by atoms with Gasteiger partial charge in [-0.15, -0.1) is 0 Å². The number of rotatable bonds is 0. The summed E-state index contributed by atoms with van der Waals surface area (Å²) in [6.07, 6.45) is 3.62. The van der Waals surface area contributed by atoms with E-state index in [-0.39, 0.29) is 0 Å². The molecule has 1 aliphatic heterocycles. The van der Waals surface area contributed by atoms with Gasteiger partial charge in [-0.2, -0.15) is 0 Å². The number of hydrogen-bond donors (Lipinski definition) is 2. The number of anilines is 1. The molecule has 3 heterocycles. The average molecular weight is 186 g/mol. The molecule has 0 atom stereocenters. The van der Waals surface area contributed by atoms with Gasteiger partial charge in [0.1, 0.15) is 0 Å². The van der Waals surface area contributed by atoms with Crippen LogP contribution in [0.2, 0.25) is 0 Å². The van der Waals surface area contributed by atoms with E-state index in [1.54, 1.807) is 6.20 Å². The third kappa shape index (κ3) is 1.04. The first-order valence-electron chi connectivity index (χ1n) is 4.62. The lowest BCUT2D eigenvalue weighted by atomic mass is 10.1. The number of fused-ring (bicyclic) bond motifs is 3. The van der Waals surface area contributed by atoms with Crippen LogP contribution < -0.4 is 10.6 Å². The van der Waals surface area contributed by atoms with E-state index in [4.69, 9.17) is 0 Å². The zero-order valence-electron chi connectivity index (χ0n) is 7.62. The predicted octanol–water partition coefficient (Wildman–Crippen LogP) is 1.10. The van der Waals surface area contributed by atoms with Gasteiger partial charge in [-0.05, 0) is 12.1 Å². The molecule has 0 aliphatic carbocycles. The van der Waals surface area contributed by atoms with Gasteiger partial charge in [0.2, 0.25) is 0 Å². The van der Waals surface area contributed by atoms with Crippen LogP contribution in [0.3, 0.4) is 0 Å². The average Bonchev–Trinajstić information content (AvgIpc) is 2.29. The van der Waals surface area contributed by atoms with Crippen LogP contribution in [0.1, 0.15) is 5.56 Å². The van der Waals surface area contributed by atoms with E-state index in [2.05, 4.69) is 26.7 Å². The molecule has 0 fully saturated rings. The van der Waals surface area contributed by atoms with Crippen LogP contribution >= 0.6 is 0 Å². The largest absolute Gasteiger partial charge is 0.371 e. The quantitative estimate of drug-likeness (QED) is 0.647. The molecule has 0 radical (unpaired) electrons. The second-order valence-electron chi connectivity index (χ2n) is 3.31. The van der Waals surface area contributed by atoms with Gasteiger partial charge in [-0.25, -0.2) is 9.97 Å². The molecule has 1 aliphatic rings. The van der Waals surface area contributed by atoms with E-state index in [1.807, 2.05) is 12.3 Å². The van der Waals surface area contributed by atoms with E-state index in [1.165, 1.54) is 5.56 Å². The highest BCUT2D eigenvalue weighted by molar-refractivity contribution is 5.83. The first-order valence-corrected chi connectivity index (χ1v) is 4.62. The highest BCUT2D eigenvalue weighted by Gasteiger charge is 2.11. The SMILES string of the molecule is c1cnc2ncc3c(c2c1)CNCN3. The number of hydrogen-bond acceptors (Lipinski definition) is 4. The smallest absolute Gasteiger partial charge is 0.159 e. The third-order valence-electron chi connectivity index (χ3n) is 2.46. The maximum atomic E-state index is 4.29. The molecular formula is C10H10N4. The van der Waals surface area contributed by atoms with Crippen LogP contribution in [0.4, 0.5) is 5.69 Å². The van der Waals surface area contributed by atoms with Crippen LogP contribution in [0.25, 0.3) is 11.0 Å². The second kappa shape index (κ2) is 2.92. The molecule has 0 saturated carbocycles. The number of aromatic nitrogens is 2.